The molecule has 0 unspecified atom stereocenters. The van der Waals surface area contributed by atoms with Crippen LogP contribution in [-0.2, 0) is 9.53 Å². The number of esters is 1. The van der Waals surface area contributed by atoms with Gasteiger partial charge in [0.25, 0.3) is 0 Å². The van der Waals surface area contributed by atoms with E-state index in [1.807, 2.05) is 0 Å². The average molecular weight is 483 g/mol. The highest BCUT2D eigenvalue weighted by Crippen LogP contribution is 2.89. The minimum Gasteiger partial charge on any atom is -0.462 e. The summed E-state index contributed by atoms with van der Waals surface area (Å²) < 4.78 is 5.91. The second-order valence-electron chi connectivity index (χ2n) is 15.4. The monoisotopic (exact) mass is 482 g/mol. The Bertz CT molecular complexity index is 899. The van der Waals surface area contributed by atoms with Crippen molar-refractivity contribution in [3.63, 3.8) is 0 Å². The Balaban J connectivity index is 1.39. The molecule has 0 amide bonds. The van der Waals surface area contributed by atoms with Crippen LogP contribution in [0.25, 0.3) is 0 Å². The summed E-state index contributed by atoms with van der Waals surface area (Å²) in [6.45, 7) is 21.4. The van der Waals surface area contributed by atoms with Gasteiger partial charge >= 0.3 is 5.97 Å². The third kappa shape index (κ3) is 3.35. The van der Waals surface area contributed by atoms with Gasteiger partial charge < -0.3 is 4.74 Å². The topological polar surface area (TPSA) is 26.3 Å². The third-order valence-corrected chi connectivity index (χ3v) is 13.8. The van der Waals surface area contributed by atoms with Crippen molar-refractivity contribution in [2.45, 2.75) is 133 Å². The Hall–Kier alpha value is -0.790. The Morgan fingerprint density at radius 3 is 2.17 bits per heavy atom. The molecule has 0 saturated heterocycles. The largest absolute Gasteiger partial charge is 0.462 e. The van der Waals surface area contributed by atoms with Crippen LogP contribution in [0.5, 0.6) is 0 Å². The normalized spacial score (nSPS) is 48.9. The van der Waals surface area contributed by atoms with E-state index in [1.165, 1.54) is 57.8 Å². The molecule has 0 aromatic carbocycles. The molecule has 0 heterocycles. The standard InChI is InChI=1S/C33H54O2/c1-21(2)22(3)10-11-23(4)25-14-16-31(9)27-13-12-26-29(6,7)28(35-24(5)34)15-17-32(26)20-33(27,32)19-18-30(25,31)8/h10,21,23,25-28H,11-20H2,1-9H3/b22-10+/t23-,25-,26+,27+,28+,30-,31+,32-,33+/m1/s1. The molecule has 2 spiro atoms. The van der Waals surface area contributed by atoms with Gasteiger partial charge in [0.2, 0.25) is 0 Å². The Labute approximate surface area is 216 Å². The molecule has 5 aliphatic rings. The van der Waals surface area contributed by atoms with E-state index in [4.69, 9.17) is 4.74 Å². The number of allylic oxidation sites excluding steroid dienone is 2. The molecule has 0 aliphatic heterocycles. The molecular weight excluding hydrogens is 428 g/mol. The number of ether oxygens (including phenoxy) is 1. The van der Waals surface area contributed by atoms with Crippen LogP contribution < -0.4 is 0 Å². The smallest absolute Gasteiger partial charge is 0.302 e. The van der Waals surface area contributed by atoms with Gasteiger partial charge in [-0.3, -0.25) is 4.79 Å². The molecule has 198 valence electrons. The zero-order valence-electron chi connectivity index (χ0n) is 24.4. The van der Waals surface area contributed by atoms with Gasteiger partial charge in [0.15, 0.2) is 0 Å². The fourth-order valence-electron chi connectivity index (χ4n) is 11.5. The number of hydrogen-bond donors (Lipinski definition) is 0. The van der Waals surface area contributed by atoms with Crippen LogP contribution in [0.3, 0.4) is 0 Å². The van der Waals surface area contributed by atoms with Gasteiger partial charge in [-0.25, -0.2) is 0 Å². The van der Waals surface area contributed by atoms with E-state index in [0.29, 0.717) is 27.6 Å². The number of carbonyl (C=O) groups is 1. The van der Waals surface area contributed by atoms with Crippen molar-refractivity contribution in [2.24, 2.45) is 56.7 Å². The Kier molecular flexibility index (Phi) is 5.98. The molecule has 5 rings (SSSR count). The van der Waals surface area contributed by atoms with E-state index in [2.05, 4.69) is 61.5 Å². The van der Waals surface area contributed by atoms with Crippen LogP contribution in [0.1, 0.15) is 127 Å². The summed E-state index contributed by atoms with van der Waals surface area (Å²) in [7, 11) is 0. The molecule has 2 heteroatoms. The van der Waals surface area contributed by atoms with Crippen molar-refractivity contribution >= 4 is 5.97 Å². The molecule has 0 N–H and O–H groups in total. The predicted octanol–water partition coefficient (Wildman–Crippen LogP) is 8.99. The van der Waals surface area contributed by atoms with Crippen LogP contribution in [-0.4, -0.2) is 12.1 Å². The molecule has 5 aliphatic carbocycles. The minimum absolute atomic E-state index is 0.0938. The SMILES string of the molecule is CC(=O)O[C@H]1CC[C@]23C[C@]24CC[C@]2(C)[C@@H]([C@H](C)C/C=C(\C)C(C)C)CC[C@@]2(C)[C@@H]4CC[C@H]3C1(C)C. The van der Waals surface area contributed by atoms with Gasteiger partial charge in [0.1, 0.15) is 6.10 Å². The van der Waals surface area contributed by atoms with Gasteiger partial charge in [-0.15, -0.1) is 0 Å². The quantitative estimate of drug-likeness (QED) is 0.289. The van der Waals surface area contributed by atoms with Gasteiger partial charge in [0, 0.05) is 12.3 Å². The molecule has 5 fully saturated rings. The summed E-state index contributed by atoms with van der Waals surface area (Å²) >= 11 is 0. The first-order chi connectivity index (χ1) is 16.3. The van der Waals surface area contributed by atoms with Crippen molar-refractivity contribution in [3.05, 3.63) is 11.6 Å². The minimum atomic E-state index is -0.0938. The molecule has 35 heavy (non-hydrogen) atoms. The summed E-state index contributed by atoms with van der Waals surface area (Å²) in [6, 6.07) is 0. The van der Waals surface area contributed by atoms with Crippen LogP contribution in [0.2, 0.25) is 0 Å². The summed E-state index contributed by atoms with van der Waals surface area (Å²) in [5.74, 6) is 3.84. The van der Waals surface area contributed by atoms with Crippen molar-refractivity contribution < 1.29 is 9.53 Å². The van der Waals surface area contributed by atoms with Gasteiger partial charge in [-0.2, -0.15) is 0 Å². The maximum Gasteiger partial charge on any atom is 0.302 e. The van der Waals surface area contributed by atoms with Gasteiger partial charge in [-0.1, -0.05) is 60.1 Å². The highest BCUT2D eigenvalue weighted by molar-refractivity contribution is 5.66. The van der Waals surface area contributed by atoms with E-state index in [-0.39, 0.29) is 17.5 Å². The lowest BCUT2D eigenvalue weighted by Crippen LogP contribution is -2.58. The van der Waals surface area contributed by atoms with E-state index in [1.54, 1.807) is 12.5 Å². The number of hydrogen-bond acceptors (Lipinski definition) is 2. The van der Waals surface area contributed by atoms with Crippen LogP contribution in [0.15, 0.2) is 11.6 Å². The zero-order chi connectivity index (χ0) is 25.6. The van der Waals surface area contributed by atoms with Gasteiger partial charge in [0.05, 0.1) is 0 Å². The summed E-state index contributed by atoms with van der Waals surface area (Å²) in [6.07, 6.45) is 16.3. The summed E-state index contributed by atoms with van der Waals surface area (Å²) in [5, 5.41) is 0. The second kappa shape index (κ2) is 8.10. The van der Waals surface area contributed by atoms with Crippen molar-refractivity contribution in [1.82, 2.24) is 0 Å². The van der Waals surface area contributed by atoms with E-state index >= 15 is 0 Å². The molecule has 0 bridgehead atoms. The second-order valence-corrected chi connectivity index (χ2v) is 15.4. The number of carbonyl (C=O) groups excluding carboxylic acids is 1. The summed E-state index contributed by atoms with van der Waals surface area (Å²) in [4.78, 5) is 11.9. The molecule has 0 aromatic heterocycles. The van der Waals surface area contributed by atoms with Crippen LogP contribution in [0, 0.1) is 56.7 Å². The molecule has 0 aromatic rings. The number of fused-ring (bicyclic) bond motifs is 2. The highest BCUT2D eigenvalue weighted by atomic mass is 16.5. The van der Waals surface area contributed by atoms with E-state index in [0.717, 1.165) is 30.1 Å². The first-order valence-electron chi connectivity index (χ1n) is 15.1. The molecule has 0 radical (unpaired) electrons. The van der Waals surface area contributed by atoms with Crippen LogP contribution in [0.4, 0.5) is 0 Å². The highest BCUT2D eigenvalue weighted by Gasteiger charge is 2.82. The van der Waals surface area contributed by atoms with E-state index in [9.17, 15) is 4.79 Å². The average Bonchev–Trinajstić information content (AvgIpc) is 3.36. The fourth-order valence-corrected chi connectivity index (χ4v) is 11.5. The number of rotatable bonds is 5. The molecular formula is C33H54O2. The first kappa shape index (κ1) is 25.8. The van der Waals surface area contributed by atoms with Gasteiger partial charge in [-0.05, 0) is 122 Å². The van der Waals surface area contributed by atoms with Crippen molar-refractivity contribution in [2.75, 3.05) is 0 Å². The van der Waals surface area contributed by atoms with Crippen molar-refractivity contribution in [3.8, 4) is 0 Å². The van der Waals surface area contributed by atoms with E-state index < -0.39 is 0 Å². The maximum atomic E-state index is 11.9. The zero-order valence-corrected chi connectivity index (χ0v) is 24.4. The Morgan fingerprint density at radius 2 is 1.51 bits per heavy atom. The Morgan fingerprint density at radius 1 is 0.857 bits per heavy atom. The predicted molar refractivity (Wildman–Crippen MR) is 145 cm³/mol. The fraction of sp³-hybridized carbons (Fsp3) is 0.909. The first-order valence-corrected chi connectivity index (χ1v) is 15.1. The lowest BCUT2D eigenvalue weighted by molar-refractivity contribution is -0.181. The molecule has 9 atom stereocenters. The lowest BCUT2D eigenvalue weighted by atomic mass is 9.41. The lowest BCUT2D eigenvalue weighted by Gasteiger charge is -2.63. The molecule has 2 nitrogen and oxygen atoms in total. The maximum absolute atomic E-state index is 11.9. The van der Waals surface area contributed by atoms with Crippen molar-refractivity contribution in [1.29, 1.82) is 0 Å². The third-order valence-electron chi connectivity index (χ3n) is 13.8. The van der Waals surface area contributed by atoms with Crippen LogP contribution >= 0.6 is 0 Å². The molecule has 5 saturated carbocycles. The summed E-state index contributed by atoms with van der Waals surface area (Å²) in [5.41, 5.74) is 3.76.